The highest BCUT2D eigenvalue weighted by Crippen LogP contribution is 2.18. The number of hydrogen-bond donors (Lipinski definition) is 1. The first-order valence-electron chi connectivity index (χ1n) is 8.56. The predicted octanol–water partition coefficient (Wildman–Crippen LogP) is 2.17. The van der Waals surface area contributed by atoms with Gasteiger partial charge in [0.2, 0.25) is 0 Å². The van der Waals surface area contributed by atoms with Gasteiger partial charge < -0.3 is 9.47 Å². The largest absolute Gasteiger partial charge is 0.465 e. The lowest BCUT2D eigenvalue weighted by Crippen LogP contribution is -2.45. The molecular weight excluding hydrogens is 322 g/mol. The van der Waals surface area contributed by atoms with E-state index in [0.29, 0.717) is 25.3 Å². The summed E-state index contributed by atoms with van der Waals surface area (Å²) in [6.45, 7) is 6.10. The molecule has 1 saturated heterocycles. The molecule has 25 heavy (non-hydrogen) atoms. The molecule has 1 heterocycles. The fraction of sp³-hybridized carbons (Fsp3) is 0.500. The molecule has 1 amide bonds. The van der Waals surface area contributed by atoms with Crippen molar-refractivity contribution in [2.45, 2.75) is 26.8 Å². The zero-order valence-corrected chi connectivity index (χ0v) is 14.7. The maximum atomic E-state index is 12.3. The van der Waals surface area contributed by atoms with Crippen LogP contribution in [0.5, 0.6) is 0 Å². The Kier molecular flexibility index (Phi) is 7.40. The Labute approximate surface area is 148 Å². The molecule has 1 aliphatic heterocycles. The molecule has 0 spiro atoms. The van der Waals surface area contributed by atoms with Crippen molar-refractivity contribution in [1.82, 2.24) is 10.3 Å². The van der Waals surface area contributed by atoms with Gasteiger partial charge in [-0.2, -0.15) is 5.10 Å². The summed E-state index contributed by atoms with van der Waals surface area (Å²) in [7, 11) is 0. The number of carbonyl (C=O) groups is 2. The van der Waals surface area contributed by atoms with Gasteiger partial charge in [0, 0.05) is 26.1 Å². The molecule has 1 aromatic rings. The maximum absolute atomic E-state index is 12.3. The summed E-state index contributed by atoms with van der Waals surface area (Å²) in [6, 6.07) is 10.1. The minimum Gasteiger partial charge on any atom is -0.465 e. The Morgan fingerprint density at radius 1 is 1.20 bits per heavy atom. The molecule has 136 valence electrons. The third kappa shape index (κ3) is 5.86. The van der Waals surface area contributed by atoms with E-state index in [9.17, 15) is 9.59 Å². The molecule has 1 atom stereocenters. The minimum absolute atomic E-state index is 0.267. The number of amides is 1. The van der Waals surface area contributed by atoms with Gasteiger partial charge in [-0.1, -0.05) is 30.3 Å². The molecule has 0 bridgehead atoms. The molecule has 7 heteroatoms. The molecule has 1 aromatic carbocycles. The average molecular weight is 347 g/mol. The van der Waals surface area contributed by atoms with Gasteiger partial charge in [0.1, 0.15) is 5.92 Å². The molecule has 0 unspecified atom stereocenters. The maximum Gasteiger partial charge on any atom is 0.427 e. The van der Waals surface area contributed by atoms with Gasteiger partial charge in [0.15, 0.2) is 0 Å². The van der Waals surface area contributed by atoms with Crippen LogP contribution in [0.2, 0.25) is 0 Å². The SMILES string of the molecule is CCOC(=O)NN=C1CCN(Cc2ccccc2)C[C@@H]1C(=O)OCC. The van der Waals surface area contributed by atoms with E-state index >= 15 is 0 Å². The van der Waals surface area contributed by atoms with Gasteiger partial charge in [0.05, 0.1) is 18.9 Å². The van der Waals surface area contributed by atoms with Gasteiger partial charge in [-0.15, -0.1) is 0 Å². The topological polar surface area (TPSA) is 80.2 Å². The Balaban J connectivity index is 2.04. The fourth-order valence-electron chi connectivity index (χ4n) is 2.76. The molecule has 0 saturated carbocycles. The third-order valence-electron chi connectivity index (χ3n) is 3.91. The van der Waals surface area contributed by atoms with Gasteiger partial charge in [-0.3, -0.25) is 9.69 Å². The number of carbonyl (C=O) groups excluding carboxylic acids is 2. The van der Waals surface area contributed by atoms with Crippen molar-refractivity contribution in [3.63, 3.8) is 0 Å². The normalized spacial score (nSPS) is 19.4. The van der Waals surface area contributed by atoms with E-state index in [1.165, 1.54) is 5.56 Å². The summed E-state index contributed by atoms with van der Waals surface area (Å²) in [5, 5.41) is 4.09. The molecule has 1 aliphatic rings. The van der Waals surface area contributed by atoms with E-state index in [2.05, 4.69) is 27.6 Å². The quantitative estimate of drug-likeness (QED) is 0.630. The van der Waals surface area contributed by atoms with Crippen LogP contribution in [0.4, 0.5) is 4.79 Å². The molecular formula is C18H25N3O4. The van der Waals surface area contributed by atoms with Crippen LogP contribution >= 0.6 is 0 Å². The van der Waals surface area contributed by atoms with Crippen molar-refractivity contribution in [3.05, 3.63) is 35.9 Å². The van der Waals surface area contributed by atoms with E-state index in [1.807, 2.05) is 18.2 Å². The number of esters is 1. The highest BCUT2D eigenvalue weighted by atomic mass is 16.6. The first-order valence-corrected chi connectivity index (χ1v) is 8.56. The smallest absolute Gasteiger partial charge is 0.427 e. The molecule has 1 N–H and O–H groups in total. The fourth-order valence-corrected chi connectivity index (χ4v) is 2.76. The van der Waals surface area contributed by atoms with Crippen molar-refractivity contribution in [3.8, 4) is 0 Å². The third-order valence-corrected chi connectivity index (χ3v) is 3.91. The lowest BCUT2D eigenvalue weighted by atomic mass is 9.95. The molecule has 0 aliphatic carbocycles. The average Bonchev–Trinajstić information content (AvgIpc) is 2.62. The highest BCUT2D eigenvalue weighted by molar-refractivity contribution is 6.03. The van der Waals surface area contributed by atoms with Crippen molar-refractivity contribution < 1.29 is 19.1 Å². The summed E-state index contributed by atoms with van der Waals surface area (Å²) in [5.74, 6) is -0.802. The number of nitrogens with zero attached hydrogens (tertiary/aromatic N) is 2. The van der Waals surface area contributed by atoms with Gasteiger partial charge in [-0.05, 0) is 19.4 Å². The minimum atomic E-state index is -0.621. The second-order valence-electron chi connectivity index (χ2n) is 5.71. The lowest BCUT2D eigenvalue weighted by Gasteiger charge is -2.32. The molecule has 0 aromatic heterocycles. The standard InChI is InChI=1S/C18H25N3O4/c1-3-24-17(22)15-13-21(12-14-8-6-5-7-9-14)11-10-16(15)19-20-18(23)25-4-2/h5-9,15H,3-4,10-13H2,1-2H3,(H,20,23)/t15-/m0/s1. The van der Waals surface area contributed by atoms with Gasteiger partial charge in [-0.25, -0.2) is 10.2 Å². The number of hydrazone groups is 1. The van der Waals surface area contributed by atoms with E-state index in [1.54, 1.807) is 13.8 Å². The van der Waals surface area contributed by atoms with E-state index in [4.69, 9.17) is 9.47 Å². The van der Waals surface area contributed by atoms with Crippen molar-refractivity contribution in [1.29, 1.82) is 0 Å². The molecule has 0 radical (unpaired) electrons. The van der Waals surface area contributed by atoms with Crippen molar-refractivity contribution in [2.24, 2.45) is 11.0 Å². The Bertz CT molecular complexity index is 604. The highest BCUT2D eigenvalue weighted by Gasteiger charge is 2.32. The summed E-state index contributed by atoms with van der Waals surface area (Å²) in [6.07, 6.45) is -0.0350. The molecule has 1 fully saturated rings. The van der Waals surface area contributed by atoms with Crippen LogP contribution in [0.25, 0.3) is 0 Å². The number of likely N-dealkylation sites (tertiary alicyclic amines) is 1. The van der Waals surface area contributed by atoms with E-state index in [-0.39, 0.29) is 12.6 Å². The molecule has 2 rings (SSSR count). The van der Waals surface area contributed by atoms with Gasteiger partial charge >= 0.3 is 12.1 Å². The Morgan fingerprint density at radius 2 is 1.92 bits per heavy atom. The number of nitrogens with one attached hydrogen (secondary N) is 1. The van der Waals surface area contributed by atoms with Crippen LogP contribution in [0.1, 0.15) is 25.8 Å². The zero-order valence-electron chi connectivity index (χ0n) is 14.7. The second-order valence-corrected chi connectivity index (χ2v) is 5.71. The van der Waals surface area contributed by atoms with Crippen LogP contribution in [-0.2, 0) is 20.8 Å². The van der Waals surface area contributed by atoms with Crippen molar-refractivity contribution in [2.75, 3.05) is 26.3 Å². The number of rotatable bonds is 6. The number of ether oxygens (including phenoxy) is 2. The van der Waals surface area contributed by atoms with E-state index in [0.717, 1.165) is 13.1 Å². The first-order chi connectivity index (χ1) is 12.1. The summed E-state index contributed by atoms with van der Waals surface area (Å²) in [5.41, 5.74) is 4.16. The van der Waals surface area contributed by atoms with Gasteiger partial charge in [0.25, 0.3) is 0 Å². The van der Waals surface area contributed by atoms with Crippen LogP contribution < -0.4 is 5.43 Å². The first kappa shape index (κ1) is 18.9. The lowest BCUT2D eigenvalue weighted by molar-refractivity contribution is -0.146. The van der Waals surface area contributed by atoms with Crippen LogP contribution in [0, 0.1) is 5.92 Å². The molecule has 7 nitrogen and oxygen atoms in total. The summed E-state index contributed by atoms with van der Waals surface area (Å²) < 4.78 is 9.97. The predicted molar refractivity (Wildman–Crippen MR) is 94.1 cm³/mol. The van der Waals surface area contributed by atoms with Crippen LogP contribution in [0.3, 0.4) is 0 Å². The Hall–Kier alpha value is -2.41. The number of piperidine rings is 1. The number of hydrogen-bond acceptors (Lipinski definition) is 6. The van der Waals surface area contributed by atoms with E-state index < -0.39 is 12.0 Å². The van der Waals surface area contributed by atoms with Crippen LogP contribution in [-0.4, -0.2) is 49.0 Å². The van der Waals surface area contributed by atoms with Crippen molar-refractivity contribution >= 4 is 17.8 Å². The number of benzene rings is 1. The monoisotopic (exact) mass is 347 g/mol. The summed E-state index contributed by atoms with van der Waals surface area (Å²) in [4.78, 5) is 25.9. The zero-order chi connectivity index (χ0) is 18.1. The van der Waals surface area contributed by atoms with Crippen LogP contribution in [0.15, 0.2) is 35.4 Å². The summed E-state index contributed by atoms with van der Waals surface area (Å²) >= 11 is 0. The Morgan fingerprint density at radius 3 is 2.60 bits per heavy atom. The second kappa shape index (κ2) is 9.78.